The molecule has 1 aliphatic rings. The Morgan fingerprint density at radius 3 is 2.70 bits per heavy atom. The van der Waals surface area contributed by atoms with E-state index in [1.54, 1.807) is 0 Å². The van der Waals surface area contributed by atoms with Crippen LogP contribution in [0.3, 0.4) is 0 Å². The second-order valence-corrected chi connectivity index (χ2v) is 5.42. The van der Waals surface area contributed by atoms with Crippen LogP contribution in [-0.4, -0.2) is 12.5 Å². The number of halogens is 1. The Morgan fingerprint density at radius 1 is 1.10 bits per heavy atom. The molecule has 0 saturated carbocycles. The third-order valence-corrected chi connectivity index (χ3v) is 4.12. The molecule has 0 spiro atoms. The summed E-state index contributed by atoms with van der Waals surface area (Å²) in [6, 6.07) is 15.8. The van der Waals surface area contributed by atoms with Gasteiger partial charge in [0.15, 0.2) is 0 Å². The number of aryl methyl sites for hydroxylation is 1. The number of anilines is 1. The molecule has 2 aromatic carbocycles. The van der Waals surface area contributed by atoms with Crippen molar-refractivity contribution >= 4 is 23.2 Å². The van der Waals surface area contributed by atoms with Crippen molar-refractivity contribution in [3.05, 3.63) is 64.7 Å². The van der Waals surface area contributed by atoms with Gasteiger partial charge in [0.2, 0.25) is 5.91 Å². The van der Waals surface area contributed by atoms with Crippen molar-refractivity contribution in [3.8, 4) is 0 Å². The first-order chi connectivity index (χ1) is 9.75. The maximum Gasteiger partial charge on any atom is 0.227 e. The van der Waals surface area contributed by atoms with Gasteiger partial charge in [0, 0.05) is 23.7 Å². The van der Waals surface area contributed by atoms with E-state index in [1.807, 2.05) is 47.4 Å². The van der Waals surface area contributed by atoms with E-state index >= 15 is 0 Å². The number of hydrogen-bond acceptors (Lipinski definition) is 1. The summed E-state index contributed by atoms with van der Waals surface area (Å²) < 4.78 is 0. The molecule has 0 bridgehead atoms. The van der Waals surface area contributed by atoms with Crippen molar-refractivity contribution in [1.82, 2.24) is 0 Å². The van der Waals surface area contributed by atoms with Gasteiger partial charge in [0.1, 0.15) is 0 Å². The molecular weight excluding hydrogens is 270 g/mol. The molecule has 0 aromatic heterocycles. The van der Waals surface area contributed by atoms with Crippen LogP contribution in [0.2, 0.25) is 5.02 Å². The summed E-state index contributed by atoms with van der Waals surface area (Å²) in [4.78, 5) is 14.3. The van der Waals surface area contributed by atoms with Gasteiger partial charge in [-0.15, -0.1) is 0 Å². The molecule has 2 nitrogen and oxygen atoms in total. The Balaban J connectivity index is 1.68. The number of benzene rings is 2. The van der Waals surface area contributed by atoms with Gasteiger partial charge in [-0.25, -0.2) is 0 Å². The lowest BCUT2D eigenvalue weighted by molar-refractivity contribution is -0.118. The van der Waals surface area contributed by atoms with E-state index in [9.17, 15) is 4.79 Å². The van der Waals surface area contributed by atoms with Crippen LogP contribution in [0.25, 0.3) is 0 Å². The first kappa shape index (κ1) is 13.2. The Morgan fingerprint density at radius 2 is 1.85 bits per heavy atom. The zero-order valence-electron chi connectivity index (χ0n) is 11.2. The van der Waals surface area contributed by atoms with Crippen molar-refractivity contribution in [2.75, 3.05) is 11.4 Å². The van der Waals surface area contributed by atoms with Gasteiger partial charge < -0.3 is 4.90 Å². The maximum atomic E-state index is 12.4. The van der Waals surface area contributed by atoms with Crippen LogP contribution in [0.5, 0.6) is 0 Å². The quantitative estimate of drug-likeness (QED) is 0.838. The Kier molecular flexibility index (Phi) is 3.75. The van der Waals surface area contributed by atoms with Crippen molar-refractivity contribution < 1.29 is 4.79 Å². The minimum Gasteiger partial charge on any atom is -0.312 e. The van der Waals surface area contributed by atoms with Crippen LogP contribution >= 0.6 is 11.6 Å². The number of carbonyl (C=O) groups excluding carboxylic acids is 1. The Bertz CT molecular complexity index is 638. The Hall–Kier alpha value is -1.80. The highest BCUT2D eigenvalue weighted by atomic mass is 35.5. The summed E-state index contributed by atoms with van der Waals surface area (Å²) in [5.74, 6) is 0.176. The number of carbonyl (C=O) groups is 1. The number of nitrogens with zero attached hydrogens (tertiary/aromatic N) is 1. The number of fused-ring (bicyclic) bond motifs is 1. The number of hydrogen-bond donors (Lipinski definition) is 0. The normalized spacial score (nSPS) is 13.3. The van der Waals surface area contributed by atoms with Crippen molar-refractivity contribution in [3.63, 3.8) is 0 Å². The third kappa shape index (κ3) is 2.56. The largest absolute Gasteiger partial charge is 0.312 e. The highest BCUT2D eigenvalue weighted by Gasteiger charge is 2.23. The molecule has 2 aromatic rings. The van der Waals surface area contributed by atoms with E-state index in [4.69, 9.17) is 11.6 Å². The van der Waals surface area contributed by atoms with Gasteiger partial charge in [-0.3, -0.25) is 4.79 Å². The fourth-order valence-corrected chi connectivity index (χ4v) is 2.91. The summed E-state index contributed by atoms with van der Waals surface area (Å²) >= 11 is 6.12. The molecule has 20 heavy (non-hydrogen) atoms. The predicted molar refractivity (Wildman–Crippen MR) is 82.3 cm³/mol. The lowest BCUT2D eigenvalue weighted by Gasteiger charge is -2.17. The maximum absolute atomic E-state index is 12.4. The van der Waals surface area contributed by atoms with Crippen LogP contribution < -0.4 is 4.90 Å². The van der Waals surface area contributed by atoms with E-state index in [2.05, 4.69) is 6.07 Å². The molecule has 0 fully saturated rings. The van der Waals surface area contributed by atoms with Crippen LogP contribution in [0.4, 0.5) is 5.69 Å². The molecule has 3 heteroatoms. The highest BCUT2D eigenvalue weighted by molar-refractivity contribution is 6.31. The molecule has 1 aliphatic heterocycles. The summed E-state index contributed by atoms with van der Waals surface area (Å²) in [6.45, 7) is 0.792. The van der Waals surface area contributed by atoms with Gasteiger partial charge >= 0.3 is 0 Å². The average Bonchev–Trinajstić information content (AvgIpc) is 2.90. The van der Waals surface area contributed by atoms with Gasteiger partial charge in [-0.05, 0) is 36.1 Å². The van der Waals surface area contributed by atoms with E-state index < -0.39 is 0 Å². The summed E-state index contributed by atoms with van der Waals surface area (Å²) in [7, 11) is 0. The zero-order chi connectivity index (χ0) is 13.9. The minimum atomic E-state index is 0.176. The molecule has 0 atom stereocenters. The number of rotatable bonds is 3. The fourth-order valence-electron chi connectivity index (χ4n) is 2.68. The zero-order valence-corrected chi connectivity index (χ0v) is 11.9. The van der Waals surface area contributed by atoms with Crippen LogP contribution in [0.15, 0.2) is 48.5 Å². The molecule has 0 unspecified atom stereocenters. The third-order valence-electron chi connectivity index (χ3n) is 3.75. The lowest BCUT2D eigenvalue weighted by Crippen LogP contribution is -2.29. The van der Waals surface area contributed by atoms with E-state index in [1.165, 1.54) is 5.56 Å². The number of para-hydroxylation sites is 1. The molecule has 0 aliphatic carbocycles. The smallest absolute Gasteiger partial charge is 0.227 e. The van der Waals surface area contributed by atoms with Gasteiger partial charge in [0.25, 0.3) is 0 Å². The van der Waals surface area contributed by atoms with E-state index in [0.29, 0.717) is 12.8 Å². The molecule has 0 radical (unpaired) electrons. The lowest BCUT2D eigenvalue weighted by atomic mass is 10.1. The van der Waals surface area contributed by atoms with Crippen LogP contribution in [-0.2, 0) is 17.6 Å². The second kappa shape index (κ2) is 5.68. The standard InChI is InChI=1S/C17H16ClNO/c18-15-7-3-1-5-13(15)9-10-17(20)19-12-11-14-6-2-4-8-16(14)19/h1-8H,9-12H2. The molecule has 3 rings (SSSR count). The summed E-state index contributed by atoms with van der Waals surface area (Å²) in [5.41, 5.74) is 3.37. The topological polar surface area (TPSA) is 20.3 Å². The fraction of sp³-hybridized carbons (Fsp3) is 0.235. The Labute approximate surface area is 124 Å². The first-order valence-electron chi connectivity index (χ1n) is 6.87. The molecule has 1 heterocycles. The van der Waals surface area contributed by atoms with Gasteiger partial charge in [-0.1, -0.05) is 48.0 Å². The van der Waals surface area contributed by atoms with E-state index in [-0.39, 0.29) is 5.91 Å². The van der Waals surface area contributed by atoms with E-state index in [0.717, 1.165) is 29.2 Å². The van der Waals surface area contributed by atoms with Crippen LogP contribution in [0.1, 0.15) is 17.5 Å². The van der Waals surface area contributed by atoms with Crippen LogP contribution in [0, 0.1) is 0 Å². The summed E-state index contributed by atoms with van der Waals surface area (Å²) in [5, 5.41) is 0.738. The van der Waals surface area contributed by atoms with Crippen molar-refractivity contribution in [2.45, 2.75) is 19.3 Å². The average molecular weight is 286 g/mol. The summed E-state index contributed by atoms with van der Waals surface area (Å²) in [6.07, 6.45) is 2.14. The van der Waals surface area contributed by atoms with Crippen molar-refractivity contribution in [1.29, 1.82) is 0 Å². The minimum absolute atomic E-state index is 0.176. The SMILES string of the molecule is O=C(CCc1ccccc1Cl)N1CCc2ccccc21. The molecular formula is C17H16ClNO. The molecule has 0 saturated heterocycles. The highest BCUT2D eigenvalue weighted by Crippen LogP contribution is 2.28. The molecule has 0 N–H and O–H groups in total. The van der Waals surface area contributed by atoms with Crippen molar-refractivity contribution in [2.24, 2.45) is 0 Å². The predicted octanol–water partition coefficient (Wildman–Crippen LogP) is 3.86. The second-order valence-electron chi connectivity index (χ2n) is 5.02. The number of amides is 1. The monoisotopic (exact) mass is 285 g/mol. The molecule has 1 amide bonds. The van der Waals surface area contributed by atoms with Gasteiger partial charge in [0.05, 0.1) is 0 Å². The molecule has 102 valence electrons. The first-order valence-corrected chi connectivity index (χ1v) is 7.25. The van der Waals surface area contributed by atoms with Gasteiger partial charge in [-0.2, -0.15) is 0 Å².